The molecule has 1 aliphatic rings. The third kappa shape index (κ3) is 3.03. The number of anilines is 2. The van der Waals surface area contributed by atoms with Gasteiger partial charge in [0.2, 0.25) is 0 Å². The molecule has 3 heterocycles. The molecule has 1 saturated heterocycles. The minimum absolute atomic E-state index is 0.181. The summed E-state index contributed by atoms with van der Waals surface area (Å²) in [5.74, 6) is 1.37. The average Bonchev–Trinajstić information content (AvgIpc) is 2.46. The molecule has 21 heavy (non-hydrogen) atoms. The fourth-order valence-corrected chi connectivity index (χ4v) is 2.63. The van der Waals surface area contributed by atoms with Crippen molar-refractivity contribution in [3.63, 3.8) is 0 Å². The number of nitrogens with zero attached hydrogens (tertiary/aromatic N) is 5. The van der Waals surface area contributed by atoms with E-state index in [-0.39, 0.29) is 6.10 Å². The van der Waals surface area contributed by atoms with Crippen molar-refractivity contribution in [1.82, 2.24) is 19.9 Å². The molecule has 2 N–H and O–H groups in total. The molecule has 0 spiro atoms. The van der Waals surface area contributed by atoms with Gasteiger partial charge >= 0.3 is 0 Å². The molecule has 2 aromatic rings. The van der Waals surface area contributed by atoms with Gasteiger partial charge in [0.1, 0.15) is 18.0 Å². The van der Waals surface area contributed by atoms with E-state index in [4.69, 9.17) is 10.5 Å². The van der Waals surface area contributed by atoms with Gasteiger partial charge in [-0.25, -0.2) is 15.0 Å². The summed E-state index contributed by atoms with van der Waals surface area (Å²) in [6, 6.07) is 3.72. The Labute approximate surface area is 123 Å². The maximum Gasteiger partial charge on any atom is 0.166 e. The van der Waals surface area contributed by atoms with E-state index in [9.17, 15) is 0 Å². The largest absolute Gasteiger partial charge is 0.384 e. The second-order valence-corrected chi connectivity index (χ2v) is 5.51. The first-order chi connectivity index (χ1) is 10.1. The van der Waals surface area contributed by atoms with Gasteiger partial charge in [-0.3, -0.25) is 0 Å². The van der Waals surface area contributed by atoms with Crippen LogP contribution in [-0.4, -0.2) is 66.3 Å². The van der Waals surface area contributed by atoms with E-state index in [0.717, 1.165) is 30.8 Å². The predicted molar refractivity (Wildman–Crippen MR) is 82.3 cm³/mol. The Balaban J connectivity index is 1.89. The predicted octanol–water partition coefficient (Wildman–Crippen LogP) is 0.374. The van der Waals surface area contributed by atoms with Crippen LogP contribution >= 0.6 is 0 Å². The zero-order valence-corrected chi connectivity index (χ0v) is 12.4. The number of rotatable bonds is 3. The van der Waals surface area contributed by atoms with Crippen LogP contribution in [0.15, 0.2) is 18.5 Å². The normalized spacial score (nSPS) is 19.4. The summed E-state index contributed by atoms with van der Waals surface area (Å²) in [4.78, 5) is 17.3. The highest BCUT2D eigenvalue weighted by atomic mass is 16.5. The van der Waals surface area contributed by atoms with Crippen LogP contribution in [0, 0.1) is 0 Å². The van der Waals surface area contributed by atoms with Gasteiger partial charge in [-0.15, -0.1) is 0 Å². The van der Waals surface area contributed by atoms with Crippen LogP contribution in [0.1, 0.15) is 0 Å². The second-order valence-electron chi connectivity index (χ2n) is 5.51. The molecule has 1 aliphatic heterocycles. The van der Waals surface area contributed by atoms with E-state index in [2.05, 4.69) is 38.8 Å². The summed E-state index contributed by atoms with van der Waals surface area (Å²) in [6.07, 6.45) is 1.72. The number of likely N-dealkylation sites (N-methyl/N-ethyl adjacent to an activating group) is 1. The smallest absolute Gasteiger partial charge is 0.166 e. The van der Waals surface area contributed by atoms with E-state index in [1.807, 2.05) is 6.07 Å². The minimum Gasteiger partial charge on any atom is -0.384 e. The molecule has 1 atom stereocenters. The number of hydrogen-bond donors (Lipinski definition) is 1. The Kier molecular flexibility index (Phi) is 3.85. The van der Waals surface area contributed by atoms with Crippen LogP contribution in [0.2, 0.25) is 0 Å². The molecular formula is C14H20N6O. The number of ether oxygens (including phenoxy) is 1. The number of aromatic nitrogens is 3. The Bertz CT molecular complexity index is 632. The molecule has 0 aliphatic carbocycles. The number of nitrogen functional groups attached to an aromatic ring is 1. The highest BCUT2D eigenvalue weighted by Gasteiger charge is 2.23. The van der Waals surface area contributed by atoms with Gasteiger partial charge < -0.3 is 20.3 Å². The topological polar surface area (TPSA) is 80.4 Å². The molecular weight excluding hydrogens is 268 g/mol. The van der Waals surface area contributed by atoms with Crippen molar-refractivity contribution in [2.45, 2.75) is 6.10 Å². The van der Waals surface area contributed by atoms with Gasteiger partial charge in [0.15, 0.2) is 5.65 Å². The Hall–Kier alpha value is -1.99. The summed E-state index contributed by atoms with van der Waals surface area (Å²) in [5.41, 5.74) is 6.35. The molecule has 0 aromatic carbocycles. The van der Waals surface area contributed by atoms with Crippen LogP contribution in [-0.2, 0) is 4.74 Å². The van der Waals surface area contributed by atoms with Crippen molar-refractivity contribution >= 4 is 22.7 Å². The summed E-state index contributed by atoms with van der Waals surface area (Å²) in [7, 11) is 4.10. The summed E-state index contributed by atoms with van der Waals surface area (Å²) in [6.45, 7) is 3.23. The molecule has 0 amide bonds. The zero-order valence-electron chi connectivity index (χ0n) is 12.4. The lowest BCUT2D eigenvalue weighted by molar-refractivity contribution is 0.0246. The third-order valence-corrected chi connectivity index (χ3v) is 3.50. The fourth-order valence-electron chi connectivity index (χ4n) is 2.63. The number of fused-ring (bicyclic) bond motifs is 1. The average molecular weight is 288 g/mol. The number of morpholine rings is 1. The fraction of sp³-hybridized carbons (Fsp3) is 0.500. The number of nitrogens with two attached hydrogens (primary N) is 1. The Morgan fingerprint density at radius 3 is 3.05 bits per heavy atom. The van der Waals surface area contributed by atoms with Gasteiger partial charge in [0.25, 0.3) is 0 Å². The van der Waals surface area contributed by atoms with E-state index in [1.165, 1.54) is 0 Å². The molecule has 0 saturated carbocycles. The highest BCUT2D eigenvalue weighted by molar-refractivity contribution is 5.87. The van der Waals surface area contributed by atoms with E-state index in [0.29, 0.717) is 18.1 Å². The lowest BCUT2D eigenvalue weighted by Crippen LogP contribution is -2.46. The first kappa shape index (κ1) is 14.0. The van der Waals surface area contributed by atoms with Crippen LogP contribution in [0.4, 0.5) is 11.6 Å². The third-order valence-electron chi connectivity index (χ3n) is 3.50. The van der Waals surface area contributed by atoms with Crippen LogP contribution < -0.4 is 10.6 Å². The minimum atomic E-state index is 0.181. The summed E-state index contributed by atoms with van der Waals surface area (Å²) < 4.78 is 5.81. The van der Waals surface area contributed by atoms with Crippen molar-refractivity contribution in [1.29, 1.82) is 0 Å². The van der Waals surface area contributed by atoms with Crippen molar-refractivity contribution < 1.29 is 4.74 Å². The molecule has 2 aromatic heterocycles. The maximum absolute atomic E-state index is 5.81. The lowest BCUT2D eigenvalue weighted by Gasteiger charge is -2.35. The van der Waals surface area contributed by atoms with Crippen molar-refractivity contribution in [3.05, 3.63) is 18.5 Å². The maximum atomic E-state index is 5.81. The van der Waals surface area contributed by atoms with Gasteiger partial charge in [-0.2, -0.15) is 0 Å². The van der Waals surface area contributed by atoms with Gasteiger partial charge in [0, 0.05) is 19.6 Å². The van der Waals surface area contributed by atoms with Crippen molar-refractivity contribution in [3.8, 4) is 0 Å². The molecule has 112 valence electrons. The first-order valence-corrected chi connectivity index (χ1v) is 7.02. The summed E-state index contributed by atoms with van der Waals surface area (Å²) >= 11 is 0. The molecule has 3 rings (SSSR count). The molecule has 0 radical (unpaired) electrons. The van der Waals surface area contributed by atoms with Gasteiger partial charge in [-0.1, -0.05) is 0 Å². The van der Waals surface area contributed by atoms with Crippen LogP contribution in [0.25, 0.3) is 11.0 Å². The Morgan fingerprint density at radius 2 is 2.24 bits per heavy atom. The van der Waals surface area contributed by atoms with E-state index in [1.54, 1.807) is 12.4 Å². The molecule has 1 unspecified atom stereocenters. The highest BCUT2D eigenvalue weighted by Crippen LogP contribution is 2.24. The van der Waals surface area contributed by atoms with Gasteiger partial charge in [0.05, 0.1) is 18.1 Å². The number of hydrogen-bond acceptors (Lipinski definition) is 7. The first-order valence-electron chi connectivity index (χ1n) is 7.02. The molecule has 7 nitrogen and oxygen atoms in total. The Morgan fingerprint density at radius 1 is 1.38 bits per heavy atom. The van der Waals surface area contributed by atoms with Crippen molar-refractivity contribution in [2.75, 3.05) is 51.0 Å². The van der Waals surface area contributed by atoms with Crippen LogP contribution in [0.5, 0.6) is 0 Å². The number of pyridine rings is 1. The van der Waals surface area contributed by atoms with E-state index >= 15 is 0 Å². The van der Waals surface area contributed by atoms with Crippen LogP contribution in [0.3, 0.4) is 0 Å². The standard InChI is InChI=1S/C14H20N6O/c1-19(2)7-10-8-20(5-6-21-10)14-11-3-4-12(15)18-13(11)16-9-17-14/h3-4,9-10H,5-8H2,1-2H3,(H2,15,16,17,18). The van der Waals surface area contributed by atoms with Crippen molar-refractivity contribution in [2.24, 2.45) is 0 Å². The van der Waals surface area contributed by atoms with E-state index < -0.39 is 0 Å². The SMILES string of the molecule is CN(C)CC1CN(c2ncnc3nc(N)ccc23)CCO1. The quantitative estimate of drug-likeness (QED) is 0.874. The monoisotopic (exact) mass is 288 g/mol. The molecule has 1 fully saturated rings. The molecule has 0 bridgehead atoms. The second kappa shape index (κ2) is 5.79. The van der Waals surface area contributed by atoms with Gasteiger partial charge in [-0.05, 0) is 26.2 Å². The lowest BCUT2D eigenvalue weighted by atomic mass is 10.2. The molecule has 7 heteroatoms. The summed E-state index contributed by atoms with van der Waals surface area (Å²) in [5, 5.41) is 0.928. The zero-order chi connectivity index (χ0) is 14.8.